The second-order valence-electron chi connectivity index (χ2n) is 6.03. The summed E-state index contributed by atoms with van der Waals surface area (Å²) in [6, 6.07) is 8.84. The van der Waals surface area contributed by atoms with Crippen LogP contribution in [0.3, 0.4) is 0 Å². The highest BCUT2D eigenvalue weighted by Crippen LogP contribution is 2.52. The molecule has 0 aliphatic carbocycles. The zero-order chi connectivity index (χ0) is 16.2. The standard InChI is InChI=1S/C17H15NO5/c1-10(19)22-9-17-8-7-12(23-17)13-14(17)16(21)18(15(13)20)11-5-3-2-4-6-11/h2-8,12-14H,9H2,1H3/t12-,13+,14+,17+/m0/s1. The summed E-state index contributed by atoms with van der Waals surface area (Å²) in [5, 5.41) is 0. The van der Waals surface area contributed by atoms with Crippen LogP contribution in [0.15, 0.2) is 42.5 Å². The van der Waals surface area contributed by atoms with E-state index in [9.17, 15) is 14.4 Å². The third kappa shape index (κ3) is 1.88. The van der Waals surface area contributed by atoms with Crippen LogP contribution in [0.25, 0.3) is 0 Å². The van der Waals surface area contributed by atoms with E-state index in [1.54, 1.807) is 36.4 Å². The zero-order valence-electron chi connectivity index (χ0n) is 12.5. The van der Waals surface area contributed by atoms with Gasteiger partial charge in [-0.1, -0.05) is 24.3 Å². The van der Waals surface area contributed by atoms with E-state index in [0.29, 0.717) is 5.69 Å². The number of imide groups is 1. The summed E-state index contributed by atoms with van der Waals surface area (Å²) in [4.78, 5) is 38.0. The average Bonchev–Trinajstić information content (AvgIpc) is 3.17. The number of carbonyl (C=O) groups excluding carboxylic acids is 3. The highest BCUT2D eigenvalue weighted by Gasteiger charge is 2.68. The molecule has 0 saturated carbocycles. The predicted octanol–water partition coefficient (Wildman–Crippen LogP) is 1.06. The van der Waals surface area contributed by atoms with E-state index in [1.807, 2.05) is 6.07 Å². The maximum absolute atomic E-state index is 12.9. The molecule has 3 aliphatic heterocycles. The van der Waals surface area contributed by atoms with Crippen molar-refractivity contribution in [2.24, 2.45) is 11.8 Å². The van der Waals surface area contributed by atoms with Crippen LogP contribution >= 0.6 is 0 Å². The summed E-state index contributed by atoms with van der Waals surface area (Å²) in [6.45, 7) is 1.25. The number of anilines is 1. The molecule has 0 unspecified atom stereocenters. The molecular weight excluding hydrogens is 298 g/mol. The van der Waals surface area contributed by atoms with Crippen LogP contribution in [0.1, 0.15) is 6.92 Å². The molecule has 6 nitrogen and oxygen atoms in total. The number of hydrogen-bond donors (Lipinski definition) is 0. The Morgan fingerprint density at radius 3 is 2.70 bits per heavy atom. The van der Waals surface area contributed by atoms with Gasteiger partial charge in [0.1, 0.15) is 12.2 Å². The fraction of sp³-hybridized carbons (Fsp3) is 0.353. The third-order valence-corrected chi connectivity index (χ3v) is 4.67. The number of ether oxygens (including phenoxy) is 2. The molecule has 0 spiro atoms. The molecule has 3 aliphatic rings. The number of nitrogens with zero attached hydrogens (tertiary/aromatic N) is 1. The van der Waals surface area contributed by atoms with Crippen LogP contribution in [-0.4, -0.2) is 36.1 Å². The maximum atomic E-state index is 12.9. The summed E-state index contributed by atoms with van der Waals surface area (Å²) in [5.41, 5.74) is -0.476. The number of amides is 2. The normalized spacial score (nSPS) is 34.1. The van der Waals surface area contributed by atoms with E-state index in [-0.39, 0.29) is 18.4 Å². The van der Waals surface area contributed by atoms with Crippen LogP contribution in [0.5, 0.6) is 0 Å². The monoisotopic (exact) mass is 313 g/mol. The average molecular weight is 313 g/mol. The quantitative estimate of drug-likeness (QED) is 0.474. The van der Waals surface area contributed by atoms with Crippen molar-refractivity contribution in [2.75, 3.05) is 11.5 Å². The summed E-state index contributed by atoms with van der Waals surface area (Å²) in [5.74, 6) is -2.21. The topological polar surface area (TPSA) is 72.9 Å². The number of benzene rings is 1. The summed E-state index contributed by atoms with van der Waals surface area (Å²) < 4.78 is 10.9. The third-order valence-electron chi connectivity index (χ3n) is 4.67. The van der Waals surface area contributed by atoms with Crippen molar-refractivity contribution < 1.29 is 23.9 Å². The molecule has 1 aromatic rings. The van der Waals surface area contributed by atoms with E-state index in [4.69, 9.17) is 9.47 Å². The van der Waals surface area contributed by atoms with Gasteiger partial charge >= 0.3 is 5.97 Å². The molecule has 1 aromatic carbocycles. The summed E-state index contributed by atoms with van der Waals surface area (Å²) >= 11 is 0. The van der Waals surface area contributed by atoms with Gasteiger partial charge in [0.15, 0.2) is 0 Å². The number of fused-ring (bicyclic) bond motifs is 5. The lowest BCUT2D eigenvalue weighted by Crippen LogP contribution is -2.44. The summed E-state index contributed by atoms with van der Waals surface area (Å²) in [7, 11) is 0. The first kappa shape index (κ1) is 14.1. The van der Waals surface area contributed by atoms with Crippen molar-refractivity contribution in [3.05, 3.63) is 42.5 Å². The van der Waals surface area contributed by atoms with Gasteiger partial charge < -0.3 is 9.47 Å². The molecule has 2 bridgehead atoms. The Morgan fingerprint density at radius 1 is 1.26 bits per heavy atom. The zero-order valence-corrected chi connectivity index (χ0v) is 12.5. The number of para-hydroxylation sites is 1. The predicted molar refractivity (Wildman–Crippen MR) is 79.3 cm³/mol. The second kappa shape index (κ2) is 4.76. The first-order valence-corrected chi connectivity index (χ1v) is 7.47. The van der Waals surface area contributed by atoms with Gasteiger partial charge in [0.2, 0.25) is 11.8 Å². The number of carbonyl (C=O) groups is 3. The van der Waals surface area contributed by atoms with Crippen molar-refractivity contribution in [1.82, 2.24) is 0 Å². The van der Waals surface area contributed by atoms with Crippen molar-refractivity contribution in [2.45, 2.75) is 18.6 Å². The van der Waals surface area contributed by atoms with Crippen LogP contribution < -0.4 is 4.90 Å². The van der Waals surface area contributed by atoms with Crippen LogP contribution in [-0.2, 0) is 23.9 Å². The molecular formula is C17H15NO5. The Hall–Kier alpha value is -2.47. The molecule has 3 heterocycles. The first-order chi connectivity index (χ1) is 11.0. The highest BCUT2D eigenvalue weighted by molar-refractivity contribution is 6.23. The number of rotatable bonds is 3. The number of hydrogen-bond acceptors (Lipinski definition) is 5. The minimum absolute atomic E-state index is 0.0574. The van der Waals surface area contributed by atoms with Crippen LogP contribution in [0, 0.1) is 11.8 Å². The van der Waals surface area contributed by atoms with Gasteiger partial charge in [0.05, 0.1) is 23.6 Å². The smallest absolute Gasteiger partial charge is 0.302 e. The molecule has 2 amide bonds. The van der Waals surface area contributed by atoms with E-state index in [0.717, 1.165) is 0 Å². The largest absolute Gasteiger partial charge is 0.462 e. The van der Waals surface area contributed by atoms with E-state index < -0.39 is 29.5 Å². The Kier molecular flexibility index (Phi) is 2.93. The highest BCUT2D eigenvalue weighted by atomic mass is 16.6. The van der Waals surface area contributed by atoms with Gasteiger partial charge in [-0.05, 0) is 18.2 Å². The van der Waals surface area contributed by atoms with E-state index in [1.165, 1.54) is 11.8 Å². The molecule has 6 heteroatoms. The fourth-order valence-corrected chi connectivity index (χ4v) is 3.71. The maximum Gasteiger partial charge on any atom is 0.302 e. The molecule has 2 saturated heterocycles. The molecule has 4 atom stereocenters. The van der Waals surface area contributed by atoms with Gasteiger partial charge in [-0.25, -0.2) is 4.90 Å². The lowest BCUT2D eigenvalue weighted by Gasteiger charge is -2.28. The SMILES string of the molecule is CC(=O)OC[C@@]12C=C[C@H](O1)[C@H]1C(=O)N(c3ccccc3)C(=O)[C@@H]12. The number of esters is 1. The van der Waals surface area contributed by atoms with Gasteiger partial charge in [0, 0.05) is 6.92 Å². The van der Waals surface area contributed by atoms with Crippen molar-refractivity contribution >= 4 is 23.5 Å². The first-order valence-electron chi connectivity index (χ1n) is 7.47. The molecule has 0 N–H and O–H groups in total. The Labute approximate surface area is 132 Å². The van der Waals surface area contributed by atoms with Gasteiger partial charge in [0.25, 0.3) is 0 Å². The van der Waals surface area contributed by atoms with Gasteiger partial charge in [-0.15, -0.1) is 0 Å². The van der Waals surface area contributed by atoms with Crippen molar-refractivity contribution in [1.29, 1.82) is 0 Å². The van der Waals surface area contributed by atoms with Gasteiger partial charge in [-0.2, -0.15) is 0 Å². The van der Waals surface area contributed by atoms with E-state index in [2.05, 4.69) is 0 Å². The minimum Gasteiger partial charge on any atom is -0.462 e. The lowest BCUT2D eigenvalue weighted by atomic mass is 9.77. The molecule has 118 valence electrons. The molecule has 0 radical (unpaired) electrons. The molecule has 4 rings (SSSR count). The van der Waals surface area contributed by atoms with E-state index >= 15 is 0 Å². The Balaban J connectivity index is 1.70. The second-order valence-corrected chi connectivity index (χ2v) is 6.03. The molecule has 23 heavy (non-hydrogen) atoms. The fourth-order valence-electron chi connectivity index (χ4n) is 3.71. The van der Waals surface area contributed by atoms with Crippen molar-refractivity contribution in [3.8, 4) is 0 Å². The Morgan fingerprint density at radius 2 is 2.00 bits per heavy atom. The minimum atomic E-state index is -1.03. The Bertz CT molecular complexity index is 728. The van der Waals surface area contributed by atoms with Crippen LogP contribution in [0.2, 0.25) is 0 Å². The van der Waals surface area contributed by atoms with Gasteiger partial charge in [-0.3, -0.25) is 14.4 Å². The summed E-state index contributed by atoms with van der Waals surface area (Å²) in [6.07, 6.45) is 3.09. The lowest BCUT2D eigenvalue weighted by molar-refractivity contribution is -0.150. The van der Waals surface area contributed by atoms with Crippen LogP contribution in [0.4, 0.5) is 5.69 Å². The van der Waals surface area contributed by atoms with Crippen molar-refractivity contribution in [3.63, 3.8) is 0 Å². The molecule has 0 aromatic heterocycles. The molecule has 2 fully saturated rings.